The highest BCUT2D eigenvalue weighted by Crippen LogP contribution is 2.29. The number of fused-ring (bicyclic) bond motifs is 1. The number of carbonyl (C=O) groups is 2. The second-order valence-corrected chi connectivity index (χ2v) is 8.86. The fraction of sp³-hybridized carbons (Fsp3) is 0.522. The van der Waals surface area contributed by atoms with Crippen molar-refractivity contribution in [3.63, 3.8) is 0 Å². The topological polar surface area (TPSA) is 89.5 Å². The van der Waals surface area contributed by atoms with Gasteiger partial charge in [0.05, 0.1) is 23.3 Å². The highest BCUT2D eigenvalue weighted by molar-refractivity contribution is 6.01. The van der Waals surface area contributed by atoms with Crippen molar-refractivity contribution < 1.29 is 19.1 Å². The first-order valence-corrected chi connectivity index (χ1v) is 10.4. The molecule has 2 aromatic rings. The van der Waals surface area contributed by atoms with E-state index in [1.807, 2.05) is 58.0 Å². The zero-order valence-electron chi connectivity index (χ0n) is 18.3. The van der Waals surface area contributed by atoms with Gasteiger partial charge in [-0.05, 0) is 59.1 Å². The number of hydrogen-bond acceptors (Lipinski definition) is 5. The van der Waals surface area contributed by atoms with Gasteiger partial charge >= 0.3 is 6.09 Å². The molecule has 1 saturated carbocycles. The number of nitrogens with one attached hydrogen (secondary N) is 2. The van der Waals surface area contributed by atoms with Crippen molar-refractivity contribution in [2.45, 2.75) is 64.7 Å². The molecule has 3 atom stereocenters. The maximum atomic E-state index is 13.0. The van der Waals surface area contributed by atoms with Crippen molar-refractivity contribution in [1.82, 2.24) is 10.3 Å². The summed E-state index contributed by atoms with van der Waals surface area (Å²) >= 11 is 0. The lowest BCUT2D eigenvalue weighted by Crippen LogP contribution is -2.50. The standard InChI is InChI=1S/C23H31N3O4/c1-14-9-10-15-7-6-8-18(20(15)24-14)25-21(27)16-11-12-17(19(13-16)29-5)26-22(28)30-23(2,3)4/h6-10,16-17,19H,11-13H2,1-5H3,(H,25,27)(H,26,28)/t16-,17-,19+/m1/s1. The molecule has 7 heteroatoms. The van der Waals surface area contributed by atoms with Gasteiger partial charge in [0.2, 0.25) is 5.91 Å². The van der Waals surface area contributed by atoms with Gasteiger partial charge in [-0.1, -0.05) is 18.2 Å². The van der Waals surface area contributed by atoms with Crippen LogP contribution in [0.25, 0.3) is 10.9 Å². The van der Waals surface area contributed by atoms with Crippen molar-refractivity contribution in [3.8, 4) is 0 Å². The number of anilines is 1. The zero-order valence-corrected chi connectivity index (χ0v) is 18.3. The van der Waals surface area contributed by atoms with Gasteiger partial charge in [0.25, 0.3) is 0 Å². The van der Waals surface area contributed by atoms with Crippen LogP contribution in [0, 0.1) is 12.8 Å². The number of aromatic nitrogens is 1. The quantitative estimate of drug-likeness (QED) is 0.784. The summed E-state index contributed by atoms with van der Waals surface area (Å²) in [6, 6.07) is 9.53. The molecule has 7 nitrogen and oxygen atoms in total. The second-order valence-electron chi connectivity index (χ2n) is 8.86. The number of carbonyl (C=O) groups excluding carboxylic acids is 2. The van der Waals surface area contributed by atoms with Gasteiger partial charge in [-0.2, -0.15) is 0 Å². The largest absolute Gasteiger partial charge is 0.444 e. The van der Waals surface area contributed by atoms with E-state index in [1.165, 1.54) is 0 Å². The van der Waals surface area contributed by atoms with Crippen LogP contribution in [0.3, 0.4) is 0 Å². The van der Waals surface area contributed by atoms with Gasteiger partial charge in [-0.3, -0.25) is 9.78 Å². The van der Waals surface area contributed by atoms with Crippen LogP contribution in [0.1, 0.15) is 45.7 Å². The minimum absolute atomic E-state index is 0.0522. The van der Waals surface area contributed by atoms with E-state index in [-0.39, 0.29) is 24.0 Å². The Kier molecular flexibility index (Phi) is 6.61. The first kappa shape index (κ1) is 22.0. The van der Waals surface area contributed by atoms with E-state index in [4.69, 9.17) is 9.47 Å². The van der Waals surface area contributed by atoms with Crippen LogP contribution in [-0.4, -0.2) is 41.8 Å². The minimum atomic E-state index is -0.561. The van der Waals surface area contributed by atoms with E-state index in [1.54, 1.807) is 7.11 Å². The first-order chi connectivity index (χ1) is 14.2. The third-order valence-corrected chi connectivity index (χ3v) is 5.28. The Bertz CT molecular complexity index is 922. The molecule has 1 aromatic carbocycles. The number of ether oxygens (including phenoxy) is 2. The molecule has 2 amide bonds. The monoisotopic (exact) mass is 413 g/mol. The summed E-state index contributed by atoms with van der Waals surface area (Å²) in [7, 11) is 1.60. The molecular formula is C23H31N3O4. The molecule has 2 N–H and O–H groups in total. The molecule has 0 bridgehead atoms. The SMILES string of the molecule is CO[C@H]1C[C@H](C(=O)Nc2cccc3ccc(C)nc23)CC[C@H]1NC(=O)OC(C)(C)C. The van der Waals surface area contributed by atoms with Crippen LogP contribution in [0.15, 0.2) is 30.3 Å². The van der Waals surface area contributed by atoms with Gasteiger partial charge in [0.15, 0.2) is 0 Å². The van der Waals surface area contributed by atoms with Gasteiger partial charge < -0.3 is 20.1 Å². The molecule has 0 radical (unpaired) electrons. The predicted molar refractivity (Wildman–Crippen MR) is 116 cm³/mol. The Balaban J connectivity index is 1.65. The number of alkyl carbamates (subject to hydrolysis) is 1. The summed E-state index contributed by atoms with van der Waals surface area (Å²) in [4.78, 5) is 29.7. The van der Waals surface area contributed by atoms with E-state index < -0.39 is 11.7 Å². The molecule has 1 aromatic heterocycles. The molecular weight excluding hydrogens is 382 g/mol. The number of benzene rings is 1. The summed E-state index contributed by atoms with van der Waals surface area (Å²) in [6.45, 7) is 7.40. The normalized spacial score (nSPS) is 21.8. The van der Waals surface area contributed by atoms with Crippen molar-refractivity contribution >= 4 is 28.6 Å². The zero-order chi connectivity index (χ0) is 21.9. The Morgan fingerprint density at radius 2 is 1.90 bits per heavy atom. The Hall–Kier alpha value is -2.67. The molecule has 1 aliphatic rings. The predicted octanol–water partition coefficient (Wildman–Crippen LogP) is 4.19. The van der Waals surface area contributed by atoms with Gasteiger partial charge in [0.1, 0.15) is 5.60 Å². The third-order valence-electron chi connectivity index (χ3n) is 5.28. The molecule has 162 valence electrons. The van der Waals surface area contributed by atoms with E-state index >= 15 is 0 Å². The minimum Gasteiger partial charge on any atom is -0.444 e. The van der Waals surface area contributed by atoms with Crippen molar-refractivity contribution in [2.75, 3.05) is 12.4 Å². The molecule has 0 aliphatic heterocycles. The average Bonchev–Trinajstić information content (AvgIpc) is 2.67. The van der Waals surface area contributed by atoms with Crippen molar-refractivity contribution in [3.05, 3.63) is 36.0 Å². The number of methoxy groups -OCH3 is 1. The lowest BCUT2D eigenvalue weighted by Gasteiger charge is -2.35. The van der Waals surface area contributed by atoms with Gasteiger partial charge in [-0.15, -0.1) is 0 Å². The number of nitrogens with zero attached hydrogens (tertiary/aromatic N) is 1. The highest BCUT2D eigenvalue weighted by atomic mass is 16.6. The van der Waals surface area contributed by atoms with Crippen LogP contribution in [0.4, 0.5) is 10.5 Å². The summed E-state index contributed by atoms with van der Waals surface area (Å²) < 4.78 is 10.9. The summed E-state index contributed by atoms with van der Waals surface area (Å²) in [5.74, 6) is -0.254. The number of amides is 2. The van der Waals surface area contributed by atoms with Gasteiger partial charge in [-0.25, -0.2) is 4.79 Å². The molecule has 1 heterocycles. The fourth-order valence-corrected chi connectivity index (χ4v) is 3.83. The molecule has 30 heavy (non-hydrogen) atoms. The van der Waals surface area contributed by atoms with Crippen molar-refractivity contribution in [2.24, 2.45) is 5.92 Å². The molecule has 0 saturated heterocycles. The molecule has 1 fully saturated rings. The fourth-order valence-electron chi connectivity index (χ4n) is 3.83. The van der Waals surface area contributed by atoms with Crippen LogP contribution in [-0.2, 0) is 14.3 Å². The maximum absolute atomic E-state index is 13.0. The lowest BCUT2D eigenvalue weighted by molar-refractivity contribution is -0.122. The maximum Gasteiger partial charge on any atom is 0.407 e. The number of para-hydroxylation sites is 1. The summed E-state index contributed by atoms with van der Waals surface area (Å²) in [5, 5.41) is 6.92. The third kappa shape index (κ3) is 5.48. The Morgan fingerprint density at radius 1 is 1.13 bits per heavy atom. The highest BCUT2D eigenvalue weighted by Gasteiger charge is 2.35. The van der Waals surface area contributed by atoms with Crippen LogP contribution in [0.5, 0.6) is 0 Å². The number of rotatable bonds is 4. The lowest BCUT2D eigenvalue weighted by atomic mass is 9.83. The molecule has 0 spiro atoms. The van der Waals surface area contributed by atoms with E-state index in [0.29, 0.717) is 24.9 Å². The summed E-state index contributed by atoms with van der Waals surface area (Å²) in [5.41, 5.74) is 1.84. The Labute approximate surface area is 177 Å². The number of pyridine rings is 1. The van der Waals surface area contributed by atoms with Crippen LogP contribution >= 0.6 is 0 Å². The van der Waals surface area contributed by atoms with E-state index in [2.05, 4.69) is 15.6 Å². The Morgan fingerprint density at radius 3 is 2.60 bits per heavy atom. The summed E-state index contributed by atoms with van der Waals surface area (Å²) in [6.07, 6.45) is 1.11. The van der Waals surface area contributed by atoms with Crippen LogP contribution in [0.2, 0.25) is 0 Å². The number of aryl methyl sites for hydroxylation is 1. The average molecular weight is 414 g/mol. The second kappa shape index (κ2) is 9.00. The molecule has 1 aliphatic carbocycles. The first-order valence-electron chi connectivity index (χ1n) is 10.4. The van der Waals surface area contributed by atoms with E-state index in [9.17, 15) is 9.59 Å². The van der Waals surface area contributed by atoms with E-state index in [0.717, 1.165) is 16.6 Å². The molecule has 3 rings (SSSR count). The van der Waals surface area contributed by atoms with Gasteiger partial charge in [0, 0.05) is 24.1 Å². The smallest absolute Gasteiger partial charge is 0.407 e. The number of hydrogen-bond donors (Lipinski definition) is 2. The molecule has 0 unspecified atom stereocenters. The van der Waals surface area contributed by atoms with Crippen LogP contribution < -0.4 is 10.6 Å². The van der Waals surface area contributed by atoms with Crippen molar-refractivity contribution in [1.29, 1.82) is 0 Å².